The van der Waals surface area contributed by atoms with Crippen LogP contribution in [-0.4, -0.2) is 65.7 Å². The maximum atomic E-state index is 12.5. The van der Waals surface area contributed by atoms with Crippen molar-refractivity contribution in [3.05, 3.63) is 29.8 Å². The Morgan fingerprint density at radius 1 is 1.17 bits per heavy atom. The number of piperidine rings is 1. The van der Waals surface area contributed by atoms with Crippen molar-refractivity contribution < 1.29 is 22.7 Å². The van der Waals surface area contributed by atoms with Gasteiger partial charge in [-0.3, -0.25) is 9.69 Å². The average Bonchev–Trinajstić information content (AvgIpc) is 2.72. The van der Waals surface area contributed by atoms with E-state index >= 15 is 0 Å². The molecule has 0 radical (unpaired) electrons. The summed E-state index contributed by atoms with van der Waals surface area (Å²) in [5.74, 6) is 0.629. The number of likely N-dealkylation sites (tertiary alicyclic amines) is 1. The van der Waals surface area contributed by atoms with Gasteiger partial charge in [-0.25, -0.2) is 13.1 Å². The van der Waals surface area contributed by atoms with Gasteiger partial charge >= 0.3 is 0 Å². The van der Waals surface area contributed by atoms with Crippen LogP contribution < -0.4 is 19.5 Å². The molecule has 1 aliphatic rings. The molecule has 30 heavy (non-hydrogen) atoms. The summed E-state index contributed by atoms with van der Waals surface area (Å²) in [6.45, 7) is 7.04. The first-order chi connectivity index (χ1) is 14.2. The van der Waals surface area contributed by atoms with Crippen molar-refractivity contribution in [1.29, 1.82) is 0 Å². The minimum atomic E-state index is -3.74. The van der Waals surface area contributed by atoms with Crippen LogP contribution >= 0.6 is 0 Å². The summed E-state index contributed by atoms with van der Waals surface area (Å²) >= 11 is 0. The lowest BCUT2D eigenvalue weighted by atomic mass is 10.0. The average molecular weight is 440 g/mol. The molecule has 168 valence electrons. The maximum Gasteiger partial charge on any atom is 0.240 e. The molecule has 1 aliphatic heterocycles. The van der Waals surface area contributed by atoms with Crippen molar-refractivity contribution in [2.75, 3.05) is 40.4 Å². The van der Waals surface area contributed by atoms with Crippen molar-refractivity contribution in [3.8, 4) is 11.5 Å². The molecular weight excluding hydrogens is 406 g/mol. The predicted octanol–water partition coefficient (Wildman–Crippen LogP) is 1.92. The van der Waals surface area contributed by atoms with Crippen LogP contribution in [0.2, 0.25) is 0 Å². The number of hydrogen-bond acceptors (Lipinski definition) is 6. The molecule has 1 heterocycles. The Balaban J connectivity index is 1.77. The standard InChI is InChI=1S/C21H33N3O5S/c1-16(2)8-12-24-13-9-17(10-14-24)23-21(25)7-11-22-30(26,27)18-5-6-19(28-3)20(15-18)29-4/h5-6,8,15,17,22H,7,9-14H2,1-4H3,(H,23,25). The number of carbonyl (C=O) groups excluding carboxylic acids is 1. The van der Waals surface area contributed by atoms with Gasteiger partial charge in [0.2, 0.25) is 15.9 Å². The van der Waals surface area contributed by atoms with Crippen LogP contribution in [0.5, 0.6) is 11.5 Å². The molecule has 1 aromatic rings. The van der Waals surface area contributed by atoms with Gasteiger partial charge in [-0.1, -0.05) is 11.6 Å². The van der Waals surface area contributed by atoms with E-state index in [9.17, 15) is 13.2 Å². The summed E-state index contributed by atoms with van der Waals surface area (Å²) in [6.07, 6.45) is 4.10. The van der Waals surface area contributed by atoms with Crippen LogP contribution in [0.1, 0.15) is 33.1 Å². The number of sulfonamides is 1. The quantitative estimate of drug-likeness (QED) is 0.541. The predicted molar refractivity (Wildman–Crippen MR) is 116 cm³/mol. The minimum absolute atomic E-state index is 0.0297. The lowest BCUT2D eigenvalue weighted by molar-refractivity contribution is -0.121. The Bertz CT molecular complexity index is 842. The number of nitrogens with one attached hydrogen (secondary N) is 2. The number of rotatable bonds is 10. The van der Waals surface area contributed by atoms with E-state index in [1.165, 1.54) is 38.0 Å². The van der Waals surface area contributed by atoms with Crippen LogP contribution in [0.25, 0.3) is 0 Å². The fraction of sp³-hybridized carbons (Fsp3) is 0.571. The number of hydrogen-bond donors (Lipinski definition) is 2. The highest BCUT2D eigenvalue weighted by Crippen LogP contribution is 2.29. The van der Waals surface area contributed by atoms with Crippen LogP contribution in [0.15, 0.2) is 34.7 Å². The van der Waals surface area contributed by atoms with Crippen LogP contribution in [0.3, 0.4) is 0 Å². The monoisotopic (exact) mass is 439 g/mol. The third-order valence-corrected chi connectivity index (χ3v) is 6.48. The van der Waals surface area contributed by atoms with Crippen molar-refractivity contribution in [2.24, 2.45) is 0 Å². The largest absolute Gasteiger partial charge is 0.493 e. The molecule has 0 saturated carbocycles. The Labute approximate surface area is 179 Å². The highest BCUT2D eigenvalue weighted by Gasteiger charge is 2.21. The number of ether oxygens (including phenoxy) is 2. The zero-order valence-corrected chi connectivity index (χ0v) is 19.0. The molecule has 1 aromatic carbocycles. The van der Waals surface area contributed by atoms with Gasteiger partial charge in [0.05, 0.1) is 19.1 Å². The van der Waals surface area contributed by atoms with Crippen LogP contribution in [-0.2, 0) is 14.8 Å². The summed E-state index contributed by atoms with van der Waals surface area (Å²) in [5, 5.41) is 3.01. The molecule has 2 rings (SSSR count). The number of carbonyl (C=O) groups is 1. The van der Waals surface area contributed by atoms with E-state index in [4.69, 9.17) is 9.47 Å². The molecule has 2 N–H and O–H groups in total. The molecule has 0 bridgehead atoms. The molecule has 0 atom stereocenters. The van der Waals surface area contributed by atoms with E-state index in [1.54, 1.807) is 0 Å². The number of benzene rings is 1. The second kappa shape index (κ2) is 11.3. The Hall–Kier alpha value is -2.10. The fourth-order valence-corrected chi connectivity index (χ4v) is 4.28. The molecule has 1 amide bonds. The lowest BCUT2D eigenvalue weighted by Crippen LogP contribution is -2.45. The van der Waals surface area contributed by atoms with Crippen LogP contribution in [0, 0.1) is 0 Å². The highest BCUT2D eigenvalue weighted by atomic mass is 32.2. The molecular formula is C21H33N3O5S. The molecule has 0 aliphatic carbocycles. The van der Waals surface area contributed by atoms with Crippen LogP contribution in [0.4, 0.5) is 0 Å². The summed E-state index contributed by atoms with van der Waals surface area (Å²) in [7, 11) is -0.820. The molecule has 1 saturated heterocycles. The van der Waals surface area contributed by atoms with E-state index in [0.29, 0.717) is 11.5 Å². The molecule has 1 fully saturated rings. The zero-order valence-electron chi connectivity index (χ0n) is 18.2. The molecule has 8 nitrogen and oxygen atoms in total. The van der Waals surface area contributed by atoms with Crippen molar-refractivity contribution in [3.63, 3.8) is 0 Å². The topological polar surface area (TPSA) is 97.0 Å². The van der Waals surface area contributed by atoms with Gasteiger partial charge in [-0.05, 0) is 38.8 Å². The Morgan fingerprint density at radius 3 is 2.43 bits per heavy atom. The third kappa shape index (κ3) is 7.30. The second-order valence-electron chi connectivity index (χ2n) is 7.59. The number of methoxy groups -OCH3 is 2. The first kappa shape index (κ1) is 24.2. The normalized spacial score (nSPS) is 15.5. The summed E-state index contributed by atoms with van der Waals surface area (Å²) < 4.78 is 37.7. The highest BCUT2D eigenvalue weighted by molar-refractivity contribution is 7.89. The van der Waals surface area contributed by atoms with Gasteiger partial charge < -0.3 is 14.8 Å². The Morgan fingerprint density at radius 2 is 1.83 bits per heavy atom. The van der Waals surface area contributed by atoms with E-state index in [0.717, 1.165) is 32.5 Å². The zero-order chi connectivity index (χ0) is 22.1. The summed E-state index contributed by atoms with van der Waals surface area (Å²) in [5.41, 5.74) is 1.31. The van der Waals surface area contributed by atoms with Gasteiger partial charge in [0.1, 0.15) is 0 Å². The first-order valence-electron chi connectivity index (χ1n) is 10.1. The van der Waals surface area contributed by atoms with Gasteiger partial charge in [0.15, 0.2) is 11.5 Å². The van der Waals surface area contributed by atoms with Gasteiger partial charge in [-0.15, -0.1) is 0 Å². The van der Waals surface area contributed by atoms with Gasteiger partial charge in [0, 0.05) is 44.7 Å². The van der Waals surface area contributed by atoms with E-state index < -0.39 is 10.0 Å². The number of allylic oxidation sites excluding steroid dienone is 1. The number of nitrogens with zero attached hydrogens (tertiary/aromatic N) is 1. The SMILES string of the molecule is COc1ccc(S(=O)(=O)NCCC(=O)NC2CCN(CC=C(C)C)CC2)cc1OC. The van der Waals surface area contributed by atoms with Crippen molar-refractivity contribution >= 4 is 15.9 Å². The fourth-order valence-electron chi connectivity index (χ4n) is 3.24. The van der Waals surface area contributed by atoms with E-state index in [2.05, 4.69) is 34.9 Å². The molecule has 0 aromatic heterocycles. The molecule has 9 heteroatoms. The second-order valence-corrected chi connectivity index (χ2v) is 9.36. The van der Waals surface area contributed by atoms with E-state index in [1.807, 2.05) is 0 Å². The molecule has 0 spiro atoms. The third-order valence-electron chi connectivity index (χ3n) is 5.02. The lowest BCUT2D eigenvalue weighted by Gasteiger charge is -2.31. The first-order valence-corrected chi connectivity index (χ1v) is 11.6. The number of amides is 1. The van der Waals surface area contributed by atoms with Crippen molar-refractivity contribution in [1.82, 2.24) is 14.9 Å². The van der Waals surface area contributed by atoms with Crippen molar-refractivity contribution in [2.45, 2.75) is 44.0 Å². The van der Waals surface area contributed by atoms with Gasteiger partial charge in [0.25, 0.3) is 0 Å². The molecule has 0 unspecified atom stereocenters. The van der Waals surface area contributed by atoms with E-state index in [-0.39, 0.29) is 29.8 Å². The Kier molecular flexibility index (Phi) is 9.13. The van der Waals surface area contributed by atoms with Gasteiger partial charge in [-0.2, -0.15) is 0 Å². The summed E-state index contributed by atoms with van der Waals surface area (Å²) in [6, 6.07) is 4.50. The maximum absolute atomic E-state index is 12.5. The smallest absolute Gasteiger partial charge is 0.240 e. The minimum Gasteiger partial charge on any atom is -0.493 e. The summed E-state index contributed by atoms with van der Waals surface area (Å²) in [4.78, 5) is 14.6.